The molecule has 1 N–H and O–H groups in total. The number of alkyl halides is 3. The van der Waals surface area contributed by atoms with Crippen molar-refractivity contribution in [3.63, 3.8) is 0 Å². The van der Waals surface area contributed by atoms with Crippen LogP contribution in [0.1, 0.15) is 11.1 Å². The maximum atomic E-state index is 12.9. The molecule has 1 unspecified atom stereocenters. The van der Waals surface area contributed by atoms with Crippen molar-refractivity contribution in [2.75, 3.05) is 18.1 Å². The molecule has 0 saturated heterocycles. The van der Waals surface area contributed by atoms with Gasteiger partial charge >= 0.3 is 6.18 Å². The first-order valence-electron chi connectivity index (χ1n) is 8.92. The number of rotatable bonds is 7. The number of hydrogen-bond acceptors (Lipinski definition) is 4. The van der Waals surface area contributed by atoms with E-state index in [2.05, 4.69) is 15.6 Å². The van der Waals surface area contributed by atoms with E-state index in [1.54, 1.807) is 25.4 Å². The van der Waals surface area contributed by atoms with Crippen LogP contribution in [-0.2, 0) is 12.8 Å². The Labute approximate surface area is 175 Å². The molecule has 1 aromatic heterocycles. The molecule has 0 radical (unpaired) electrons. The summed E-state index contributed by atoms with van der Waals surface area (Å²) >= 11 is 0. The van der Waals surface area contributed by atoms with Gasteiger partial charge < -0.3 is 14.2 Å². The molecule has 0 bridgehead atoms. The Balaban J connectivity index is 1.79. The molecule has 4 nitrogen and oxygen atoms in total. The van der Waals surface area contributed by atoms with Gasteiger partial charge in [0.2, 0.25) is 5.88 Å². The van der Waals surface area contributed by atoms with Gasteiger partial charge in [0.1, 0.15) is 18.0 Å². The summed E-state index contributed by atoms with van der Waals surface area (Å²) in [6, 6.07) is 14.3. The largest absolute Gasteiger partial charge is 0.489 e. The predicted octanol–water partition coefficient (Wildman–Crippen LogP) is 6.01. The van der Waals surface area contributed by atoms with E-state index in [0.717, 1.165) is 28.9 Å². The fraction of sp³-hybridized carbons (Fsp3) is 0.182. The van der Waals surface area contributed by atoms with Crippen molar-refractivity contribution in [1.29, 1.82) is 0 Å². The molecular weight excluding hydrogens is 413 g/mol. The van der Waals surface area contributed by atoms with Crippen LogP contribution in [0.5, 0.6) is 11.6 Å². The fourth-order valence-electron chi connectivity index (χ4n) is 2.80. The molecule has 3 aromatic rings. The number of methoxy groups -OCH3 is 1. The van der Waals surface area contributed by atoms with Gasteiger partial charge in [-0.2, -0.15) is 13.2 Å². The molecule has 30 heavy (non-hydrogen) atoms. The van der Waals surface area contributed by atoms with Gasteiger partial charge in [-0.3, -0.25) is 0 Å². The van der Waals surface area contributed by atoms with E-state index >= 15 is 0 Å². The third-order valence-corrected chi connectivity index (χ3v) is 4.72. The highest BCUT2D eigenvalue weighted by Crippen LogP contribution is 2.32. The highest BCUT2D eigenvalue weighted by Gasteiger charge is 2.30. The Morgan fingerprint density at radius 2 is 1.83 bits per heavy atom. The van der Waals surface area contributed by atoms with Gasteiger partial charge in [0, 0.05) is 11.8 Å². The van der Waals surface area contributed by atoms with E-state index in [0.29, 0.717) is 17.2 Å². The third kappa shape index (κ3) is 5.54. The number of pyridine rings is 1. The number of nitrogens with zero attached hydrogens (tertiary/aromatic N) is 1. The summed E-state index contributed by atoms with van der Waals surface area (Å²) in [6.07, 6.45) is -0.754. The monoisotopic (exact) mass is 434 g/mol. The molecular formula is C22H21F3N2O2S. The van der Waals surface area contributed by atoms with Crippen LogP contribution in [0.15, 0.2) is 60.8 Å². The maximum Gasteiger partial charge on any atom is 0.416 e. The molecule has 0 saturated carbocycles. The molecule has 158 valence electrons. The van der Waals surface area contributed by atoms with Crippen LogP contribution in [0.4, 0.5) is 18.9 Å². The molecule has 8 heteroatoms. The molecule has 0 spiro atoms. The van der Waals surface area contributed by atoms with Gasteiger partial charge in [0.25, 0.3) is 0 Å². The highest BCUT2D eigenvalue weighted by molar-refractivity contribution is 8.14. The first kappa shape index (κ1) is 21.7. The number of benzene rings is 2. The van der Waals surface area contributed by atoms with Crippen molar-refractivity contribution in [2.45, 2.75) is 12.8 Å². The van der Waals surface area contributed by atoms with Crippen LogP contribution in [0.3, 0.4) is 0 Å². The van der Waals surface area contributed by atoms with Crippen LogP contribution < -0.4 is 14.2 Å². The Hall–Kier alpha value is -3.00. The smallest absolute Gasteiger partial charge is 0.416 e. The number of anilines is 1. The van der Waals surface area contributed by atoms with Crippen molar-refractivity contribution < 1.29 is 22.6 Å². The summed E-state index contributed by atoms with van der Waals surface area (Å²) in [5.41, 5.74) is 2.18. The lowest BCUT2D eigenvalue weighted by molar-refractivity contribution is -0.137. The lowest BCUT2D eigenvalue weighted by Gasteiger charge is -2.13. The van der Waals surface area contributed by atoms with E-state index < -0.39 is 11.7 Å². The van der Waals surface area contributed by atoms with Crippen LogP contribution in [0.2, 0.25) is 0 Å². The summed E-state index contributed by atoms with van der Waals surface area (Å²) in [5, 5.41) is 0. The number of ether oxygens (including phenoxy) is 2. The normalized spacial score (nSPS) is 12.3. The number of halogens is 3. The Morgan fingerprint density at radius 1 is 1.07 bits per heavy atom. The van der Waals surface area contributed by atoms with Crippen LogP contribution in [0.25, 0.3) is 11.1 Å². The van der Waals surface area contributed by atoms with Crippen LogP contribution in [-0.4, -0.2) is 24.2 Å². The number of aromatic nitrogens is 1. The van der Waals surface area contributed by atoms with Gasteiger partial charge in [0.15, 0.2) is 0 Å². The fourth-order valence-corrected chi connectivity index (χ4v) is 3.32. The quantitative estimate of drug-likeness (QED) is 0.463. The second-order valence-corrected chi connectivity index (χ2v) is 8.01. The number of nitrogens with one attached hydrogen (secondary N) is 1. The van der Waals surface area contributed by atoms with Crippen molar-refractivity contribution in [1.82, 2.24) is 4.98 Å². The van der Waals surface area contributed by atoms with Gasteiger partial charge in [-0.25, -0.2) is 4.98 Å². The van der Waals surface area contributed by atoms with Gasteiger partial charge in [0.05, 0.1) is 12.7 Å². The molecule has 0 amide bonds. The van der Waals surface area contributed by atoms with E-state index in [-0.39, 0.29) is 17.3 Å². The zero-order valence-electron chi connectivity index (χ0n) is 16.5. The standard InChI is InChI=1S/C22H21F3N2O2S/c1-28-21-20(27-30(2)3)12-17(13-26-21)16-7-5-9-19(11-16)29-14-15-6-4-8-18(10-15)22(23,24)25/h4-13,27H,2,14H2,1,3H3. The van der Waals surface area contributed by atoms with Gasteiger partial charge in [-0.15, -0.1) is 10.7 Å². The molecule has 0 aliphatic heterocycles. The zero-order chi connectivity index (χ0) is 21.7. The second kappa shape index (κ2) is 9.21. The molecule has 2 aromatic carbocycles. The van der Waals surface area contributed by atoms with Crippen molar-refractivity contribution >= 4 is 22.2 Å². The first-order valence-corrected chi connectivity index (χ1v) is 10.7. The van der Waals surface area contributed by atoms with Gasteiger partial charge in [-0.05, 0) is 47.7 Å². The van der Waals surface area contributed by atoms with E-state index in [1.165, 1.54) is 6.07 Å². The average Bonchev–Trinajstić information content (AvgIpc) is 2.71. The molecule has 1 heterocycles. The summed E-state index contributed by atoms with van der Waals surface area (Å²) in [4.78, 5) is 4.33. The molecule has 3 rings (SSSR count). The van der Waals surface area contributed by atoms with E-state index in [1.807, 2.05) is 30.5 Å². The highest BCUT2D eigenvalue weighted by atomic mass is 32.2. The molecule has 1 atom stereocenters. The van der Waals surface area contributed by atoms with Gasteiger partial charge in [-0.1, -0.05) is 30.1 Å². The van der Waals surface area contributed by atoms with Crippen molar-refractivity contribution in [3.05, 3.63) is 71.9 Å². The summed E-state index contributed by atoms with van der Waals surface area (Å²) in [6.45, 7) is 0.0289. The Bertz CT molecular complexity index is 1050. The lowest BCUT2D eigenvalue weighted by Crippen LogP contribution is -2.06. The third-order valence-electron chi connectivity index (χ3n) is 4.16. The second-order valence-electron chi connectivity index (χ2n) is 6.53. The predicted molar refractivity (Wildman–Crippen MR) is 116 cm³/mol. The maximum absolute atomic E-state index is 12.9. The molecule has 0 fully saturated rings. The minimum absolute atomic E-state index is 0.0289. The minimum Gasteiger partial charge on any atom is -0.489 e. The zero-order valence-corrected chi connectivity index (χ0v) is 17.3. The average molecular weight is 434 g/mol. The summed E-state index contributed by atoms with van der Waals surface area (Å²) in [7, 11) is 1.24. The summed E-state index contributed by atoms with van der Waals surface area (Å²) in [5.74, 6) is 4.96. The molecule has 0 aliphatic carbocycles. The minimum atomic E-state index is -4.38. The topological polar surface area (TPSA) is 43.4 Å². The van der Waals surface area contributed by atoms with E-state index in [4.69, 9.17) is 9.47 Å². The van der Waals surface area contributed by atoms with E-state index in [9.17, 15) is 13.2 Å². The SMILES string of the molecule is C=S(C)Nc1cc(-c2cccc(OCc3cccc(C(F)(F)F)c3)c2)cnc1OC. The Kier molecular flexibility index (Phi) is 6.66. The molecule has 0 aliphatic rings. The number of hydrogen-bond donors (Lipinski definition) is 1. The van der Waals surface area contributed by atoms with Crippen molar-refractivity contribution in [3.8, 4) is 22.8 Å². The van der Waals surface area contributed by atoms with Crippen molar-refractivity contribution in [2.24, 2.45) is 0 Å². The first-order chi connectivity index (χ1) is 14.3. The van der Waals surface area contributed by atoms with Crippen LogP contribution in [0, 0.1) is 0 Å². The summed E-state index contributed by atoms with van der Waals surface area (Å²) < 4.78 is 52.8. The van der Waals surface area contributed by atoms with Crippen LogP contribution >= 0.6 is 10.7 Å². The Morgan fingerprint density at radius 3 is 2.53 bits per heavy atom. The lowest BCUT2D eigenvalue weighted by atomic mass is 10.1.